The van der Waals surface area contributed by atoms with E-state index >= 15 is 0 Å². The van der Waals surface area contributed by atoms with E-state index in [1.165, 1.54) is 0 Å². The summed E-state index contributed by atoms with van der Waals surface area (Å²) in [4.78, 5) is 10.7. The molecule has 1 aliphatic heterocycles. The number of rotatable bonds is 1. The van der Waals surface area contributed by atoms with Crippen LogP contribution in [-0.4, -0.2) is 17.7 Å². The van der Waals surface area contributed by atoms with Crippen LogP contribution in [0.2, 0.25) is 0 Å². The van der Waals surface area contributed by atoms with Crippen LogP contribution in [0.25, 0.3) is 0 Å². The van der Waals surface area contributed by atoms with E-state index in [0.29, 0.717) is 6.42 Å². The zero-order valence-corrected chi connectivity index (χ0v) is 8.95. The highest BCUT2D eigenvalue weighted by molar-refractivity contribution is 9.10. The second-order valence-electron chi connectivity index (χ2n) is 3.30. The first-order valence-electron chi connectivity index (χ1n) is 4.31. The van der Waals surface area contributed by atoms with Gasteiger partial charge in [-0.3, -0.25) is 4.79 Å². The van der Waals surface area contributed by atoms with Crippen LogP contribution in [0.4, 0.5) is 0 Å². The van der Waals surface area contributed by atoms with Gasteiger partial charge in [0.15, 0.2) is 0 Å². The Hall–Kier alpha value is -1.03. The van der Waals surface area contributed by atoms with E-state index in [1.807, 2.05) is 18.2 Å². The molecule has 0 aromatic heterocycles. The SMILES string of the molecule is O=C(O)[C@@H]1COc2cc(Br)ccc2C1. The highest BCUT2D eigenvalue weighted by Gasteiger charge is 2.25. The summed E-state index contributed by atoms with van der Waals surface area (Å²) in [6.07, 6.45) is 0.554. The van der Waals surface area contributed by atoms with Gasteiger partial charge in [-0.05, 0) is 24.1 Å². The molecule has 0 radical (unpaired) electrons. The Morgan fingerprint density at radius 3 is 3.07 bits per heavy atom. The lowest BCUT2D eigenvalue weighted by Crippen LogP contribution is -2.27. The monoisotopic (exact) mass is 256 g/mol. The molecule has 1 heterocycles. The summed E-state index contributed by atoms with van der Waals surface area (Å²) in [5.41, 5.74) is 0.965. The third-order valence-electron chi connectivity index (χ3n) is 2.28. The van der Waals surface area contributed by atoms with E-state index in [1.54, 1.807) is 0 Å². The third-order valence-corrected chi connectivity index (χ3v) is 2.78. The van der Waals surface area contributed by atoms with E-state index in [4.69, 9.17) is 9.84 Å². The fourth-order valence-corrected chi connectivity index (χ4v) is 1.84. The van der Waals surface area contributed by atoms with Crippen LogP contribution in [-0.2, 0) is 11.2 Å². The van der Waals surface area contributed by atoms with Gasteiger partial charge in [0, 0.05) is 4.47 Å². The zero-order chi connectivity index (χ0) is 10.1. The van der Waals surface area contributed by atoms with Crippen molar-refractivity contribution in [2.45, 2.75) is 6.42 Å². The fraction of sp³-hybridized carbons (Fsp3) is 0.300. The Morgan fingerprint density at radius 2 is 2.36 bits per heavy atom. The summed E-state index contributed by atoms with van der Waals surface area (Å²) in [7, 11) is 0. The smallest absolute Gasteiger partial charge is 0.310 e. The van der Waals surface area contributed by atoms with Gasteiger partial charge in [-0.25, -0.2) is 0 Å². The molecular weight excluding hydrogens is 248 g/mol. The summed E-state index contributed by atoms with van der Waals surface area (Å²) >= 11 is 3.34. The van der Waals surface area contributed by atoms with Crippen molar-refractivity contribution < 1.29 is 14.6 Å². The molecule has 0 saturated carbocycles. The molecule has 14 heavy (non-hydrogen) atoms. The highest BCUT2D eigenvalue weighted by atomic mass is 79.9. The van der Waals surface area contributed by atoms with Crippen LogP contribution in [0, 0.1) is 5.92 Å². The Kier molecular flexibility index (Phi) is 2.46. The Bertz CT molecular complexity index is 376. The summed E-state index contributed by atoms with van der Waals surface area (Å²) < 4.78 is 6.32. The molecule has 1 aromatic rings. The van der Waals surface area contributed by atoms with Crippen molar-refractivity contribution in [3.63, 3.8) is 0 Å². The van der Waals surface area contributed by atoms with E-state index < -0.39 is 11.9 Å². The summed E-state index contributed by atoms with van der Waals surface area (Å²) in [5, 5.41) is 8.83. The maximum Gasteiger partial charge on any atom is 0.310 e. The highest BCUT2D eigenvalue weighted by Crippen LogP contribution is 2.30. The van der Waals surface area contributed by atoms with Gasteiger partial charge < -0.3 is 9.84 Å². The molecule has 74 valence electrons. The lowest BCUT2D eigenvalue weighted by molar-refractivity contribution is -0.143. The van der Waals surface area contributed by atoms with Crippen LogP contribution in [0.3, 0.4) is 0 Å². The summed E-state index contributed by atoms with van der Waals surface area (Å²) in [6, 6.07) is 5.66. The molecule has 0 unspecified atom stereocenters. The molecular formula is C10H9BrO3. The van der Waals surface area contributed by atoms with Gasteiger partial charge in [0.1, 0.15) is 12.4 Å². The molecule has 0 saturated heterocycles. The van der Waals surface area contributed by atoms with Gasteiger partial charge in [0.05, 0.1) is 5.92 Å². The molecule has 4 heteroatoms. The molecule has 3 nitrogen and oxygen atoms in total. The molecule has 0 fully saturated rings. The minimum Gasteiger partial charge on any atom is -0.492 e. The topological polar surface area (TPSA) is 46.5 Å². The maximum absolute atomic E-state index is 10.7. The van der Waals surface area contributed by atoms with Crippen molar-refractivity contribution in [1.29, 1.82) is 0 Å². The average molecular weight is 257 g/mol. The number of hydrogen-bond donors (Lipinski definition) is 1. The molecule has 2 rings (SSSR count). The molecule has 0 aliphatic carbocycles. The van der Waals surface area contributed by atoms with E-state index in [9.17, 15) is 4.79 Å². The van der Waals surface area contributed by atoms with Gasteiger partial charge in [-0.2, -0.15) is 0 Å². The van der Waals surface area contributed by atoms with Gasteiger partial charge >= 0.3 is 5.97 Å². The Balaban J connectivity index is 2.27. The number of halogens is 1. The third kappa shape index (κ3) is 1.75. The van der Waals surface area contributed by atoms with Crippen molar-refractivity contribution in [2.24, 2.45) is 5.92 Å². The number of carbonyl (C=O) groups is 1. The largest absolute Gasteiger partial charge is 0.492 e. The molecule has 1 aliphatic rings. The zero-order valence-electron chi connectivity index (χ0n) is 7.37. The normalized spacial score (nSPS) is 19.6. The number of hydrogen-bond acceptors (Lipinski definition) is 2. The Morgan fingerprint density at radius 1 is 1.57 bits per heavy atom. The molecule has 1 atom stereocenters. The van der Waals surface area contributed by atoms with Gasteiger partial charge in [0.25, 0.3) is 0 Å². The van der Waals surface area contributed by atoms with Crippen molar-refractivity contribution in [1.82, 2.24) is 0 Å². The number of aliphatic carboxylic acids is 1. The quantitative estimate of drug-likeness (QED) is 0.837. The van der Waals surface area contributed by atoms with Gasteiger partial charge in [0.2, 0.25) is 0 Å². The van der Waals surface area contributed by atoms with E-state index in [2.05, 4.69) is 15.9 Å². The molecule has 0 amide bonds. The second kappa shape index (κ2) is 3.61. The Labute approximate surface area is 89.8 Å². The van der Waals surface area contributed by atoms with Crippen molar-refractivity contribution in [3.05, 3.63) is 28.2 Å². The standard InChI is InChI=1S/C10H9BrO3/c11-8-2-1-6-3-7(10(12)13)5-14-9(6)4-8/h1-2,4,7H,3,5H2,(H,12,13)/t7-/m0/s1. The van der Waals surface area contributed by atoms with Crippen LogP contribution in [0.5, 0.6) is 5.75 Å². The predicted octanol–water partition coefficient (Wildman–Crippen LogP) is 2.08. The minimum atomic E-state index is -0.793. The number of ether oxygens (including phenoxy) is 1. The van der Waals surface area contributed by atoms with Crippen LogP contribution in [0.15, 0.2) is 22.7 Å². The first-order valence-corrected chi connectivity index (χ1v) is 5.10. The van der Waals surface area contributed by atoms with Crippen LogP contribution in [0.1, 0.15) is 5.56 Å². The second-order valence-corrected chi connectivity index (χ2v) is 4.22. The average Bonchev–Trinajstić information content (AvgIpc) is 2.16. The number of carboxylic acid groups (broad SMARTS) is 1. The van der Waals surface area contributed by atoms with E-state index in [-0.39, 0.29) is 6.61 Å². The lowest BCUT2D eigenvalue weighted by atomic mass is 9.97. The summed E-state index contributed by atoms with van der Waals surface area (Å²) in [5.74, 6) is -0.417. The van der Waals surface area contributed by atoms with Crippen LogP contribution < -0.4 is 4.74 Å². The molecule has 1 N–H and O–H groups in total. The van der Waals surface area contributed by atoms with Gasteiger partial charge in [-0.1, -0.05) is 22.0 Å². The number of fused-ring (bicyclic) bond motifs is 1. The number of carboxylic acids is 1. The summed E-state index contributed by atoms with van der Waals surface area (Å²) in [6.45, 7) is 0.263. The first-order chi connectivity index (χ1) is 6.66. The predicted molar refractivity (Wildman–Crippen MR) is 54.5 cm³/mol. The van der Waals surface area contributed by atoms with Gasteiger partial charge in [-0.15, -0.1) is 0 Å². The number of benzene rings is 1. The maximum atomic E-state index is 10.7. The molecule has 1 aromatic carbocycles. The first kappa shape index (κ1) is 9.52. The van der Waals surface area contributed by atoms with E-state index in [0.717, 1.165) is 15.8 Å². The van der Waals surface area contributed by atoms with Crippen molar-refractivity contribution in [2.75, 3.05) is 6.61 Å². The molecule has 0 bridgehead atoms. The van der Waals surface area contributed by atoms with Crippen LogP contribution >= 0.6 is 15.9 Å². The lowest BCUT2D eigenvalue weighted by Gasteiger charge is -2.22. The molecule has 0 spiro atoms. The minimum absolute atomic E-state index is 0.263. The van der Waals surface area contributed by atoms with Crippen molar-refractivity contribution >= 4 is 21.9 Å². The van der Waals surface area contributed by atoms with Crippen molar-refractivity contribution in [3.8, 4) is 5.75 Å². The fourth-order valence-electron chi connectivity index (χ4n) is 1.50.